The van der Waals surface area contributed by atoms with E-state index in [0.717, 1.165) is 31.2 Å². The molecule has 2 N–H and O–H groups in total. The first-order chi connectivity index (χ1) is 7.75. The van der Waals surface area contributed by atoms with E-state index in [0.29, 0.717) is 6.04 Å². The van der Waals surface area contributed by atoms with Crippen LogP contribution in [0.3, 0.4) is 0 Å². The molecule has 0 saturated heterocycles. The van der Waals surface area contributed by atoms with Crippen LogP contribution in [-0.4, -0.2) is 23.3 Å². The molecule has 0 bridgehead atoms. The maximum atomic E-state index is 10.1. The van der Waals surface area contributed by atoms with Crippen LogP contribution in [0.2, 0.25) is 0 Å². The van der Waals surface area contributed by atoms with E-state index in [9.17, 15) is 5.11 Å². The lowest BCUT2D eigenvalue weighted by Crippen LogP contribution is -2.49. The van der Waals surface area contributed by atoms with Gasteiger partial charge in [0, 0.05) is 12.6 Å². The van der Waals surface area contributed by atoms with Crippen LogP contribution in [0, 0.1) is 11.8 Å². The molecule has 3 aliphatic carbocycles. The topological polar surface area (TPSA) is 32.3 Å². The van der Waals surface area contributed by atoms with Crippen molar-refractivity contribution in [3.63, 3.8) is 0 Å². The highest BCUT2D eigenvalue weighted by Gasteiger charge is 2.37. The standard InChI is InChI=1S/C14H25NO/c16-14(7-2-8-14)10-15-13-4-1-3-12(9-13)11-5-6-11/h11-13,15-16H,1-10H2. The van der Waals surface area contributed by atoms with Gasteiger partial charge in [0.05, 0.1) is 5.60 Å². The number of rotatable bonds is 4. The third-order valence-electron chi connectivity index (χ3n) is 5.01. The molecule has 0 amide bonds. The highest BCUT2D eigenvalue weighted by Crippen LogP contribution is 2.44. The minimum absolute atomic E-state index is 0.341. The molecule has 2 nitrogen and oxygen atoms in total. The molecular formula is C14H25NO. The quantitative estimate of drug-likeness (QED) is 0.767. The number of nitrogens with one attached hydrogen (secondary N) is 1. The second kappa shape index (κ2) is 4.30. The Morgan fingerprint density at radius 2 is 1.81 bits per heavy atom. The summed E-state index contributed by atoms with van der Waals surface area (Å²) in [6.07, 6.45) is 11.8. The second-order valence-electron chi connectivity index (χ2n) is 6.42. The lowest BCUT2D eigenvalue weighted by Gasteiger charge is -2.39. The van der Waals surface area contributed by atoms with Gasteiger partial charge in [-0.05, 0) is 56.8 Å². The van der Waals surface area contributed by atoms with Crippen molar-refractivity contribution in [2.45, 2.75) is 69.4 Å². The van der Waals surface area contributed by atoms with E-state index in [1.807, 2.05) is 0 Å². The van der Waals surface area contributed by atoms with E-state index >= 15 is 0 Å². The minimum atomic E-state index is -0.341. The van der Waals surface area contributed by atoms with Crippen molar-refractivity contribution >= 4 is 0 Å². The molecule has 16 heavy (non-hydrogen) atoms. The Labute approximate surface area is 98.8 Å². The number of hydrogen-bond donors (Lipinski definition) is 2. The molecule has 0 aromatic carbocycles. The van der Waals surface area contributed by atoms with Gasteiger partial charge >= 0.3 is 0 Å². The van der Waals surface area contributed by atoms with Crippen molar-refractivity contribution in [2.24, 2.45) is 11.8 Å². The van der Waals surface area contributed by atoms with Crippen LogP contribution in [0.15, 0.2) is 0 Å². The van der Waals surface area contributed by atoms with Crippen LogP contribution in [0.1, 0.15) is 57.8 Å². The summed E-state index contributed by atoms with van der Waals surface area (Å²) in [7, 11) is 0. The van der Waals surface area contributed by atoms with Crippen molar-refractivity contribution in [1.82, 2.24) is 5.32 Å². The van der Waals surface area contributed by atoms with Crippen LogP contribution >= 0.6 is 0 Å². The number of hydrogen-bond acceptors (Lipinski definition) is 2. The summed E-state index contributed by atoms with van der Waals surface area (Å²) in [5.74, 6) is 2.07. The van der Waals surface area contributed by atoms with Crippen molar-refractivity contribution < 1.29 is 5.11 Å². The molecule has 0 spiro atoms. The zero-order valence-electron chi connectivity index (χ0n) is 10.3. The molecular weight excluding hydrogens is 198 g/mol. The fourth-order valence-corrected chi connectivity index (χ4v) is 3.50. The third kappa shape index (κ3) is 2.43. The first-order valence-corrected chi connectivity index (χ1v) is 7.21. The summed E-state index contributed by atoms with van der Waals surface area (Å²) in [5.41, 5.74) is -0.341. The van der Waals surface area contributed by atoms with Gasteiger partial charge in [-0.2, -0.15) is 0 Å². The molecule has 3 fully saturated rings. The molecule has 0 aromatic heterocycles. The summed E-state index contributed by atoms with van der Waals surface area (Å²) in [5, 5.41) is 13.7. The minimum Gasteiger partial charge on any atom is -0.389 e. The van der Waals surface area contributed by atoms with Gasteiger partial charge in [-0.3, -0.25) is 0 Å². The van der Waals surface area contributed by atoms with E-state index in [1.54, 1.807) is 0 Å². The average molecular weight is 223 g/mol. The molecule has 2 atom stereocenters. The van der Waals surface area contributed by atoms with Crippen molar-refractivity contribution in [3.8, 4) is 0 Å². The summed E-state index contributed by atoms with van der Waals surface area (Å²) in [4.78, 5) is 0. The average Bonchev–Trinajstić information content (AvgIpc) is 3.08. The smallest absolute Gasteiger partial charge is 0.0771 e. The molecule has 0 radical (unpaired) electrons. The van der Waals surface area contributed by atoms with Gasteiger partial charge in [-0.15, -0.1) is 0 Å². The number of aliphatic hydroxyl groups is 1. The zero-order chi connectivity index (χ0) is 11.0. The highest BCUT2D eigenvalue weighted by atomic mass is 16.3. The van der Waals surface area contributed by atoms with Gasteiger partial charge in [0.1, 0.15) is 0 Å². The Hall–Kier alpha value is -0.0800. The fraction of sp³-hybridized carbons (Fsp3) is 1.00. The predicted octanol–water partition coefficient (Wildman–Crippen LogP) is 2.46. The monoisotopic (exact) mass is 223 g/mol. The van der Waals surface area contributed by atoms with E-state index in [4.69, 9.17) is 0 Å². The van der Waals surface area contributed by atoms with Crippen LogP contribution in [-0.2, 0) is 0 Å². The Kier molecular flexibility index (Phi) is 2.97. The lowest BCUT2D eigenvalue weighted by molar-refractivity contribution is -0.0345. The normalized spacial score (nSPS) is 38.1. The van der Waals surface area contributed by atoms with Crippen molar-refractivity contribution in [2.75, 3.05) is 6.54 Å². The molecule has 2 heteroatoms. The van der Waals surface area contributed by atoms with Gasteiger partial charge in [0.15, 0.2) is 0 Å². The first-order valence-electron chi connectivity index (χ1n) is 7.21. The maximum absolute atomic E-state index is 10.1. The summed E-state index contributed by atoms with van der Waals surface area (Å²) < 4.78 is 0. The van der Waals surface area contributed by atoms with Crippen molar-refractivity contribution in [1.29, 1.82) is 0 Å². The first kappa shape index (κ1) is 11.0. The molecule has 3 rings (SSSR count). The Morgan fingerprint density at radius 3 is 2.44 bits per heavy atom. The molecule has 92 valence electrons. The Bertz CT molecular complexity index is 245. The highest BCUT2D eigenvalue weighted by molar-refractivity contribution is 4.92. The van der Waals surface area contributed by atoms with Crippen LogP contribution in [0.5, 0.6) is 0 Å². The Morgan fingerprint density at radius 1 is 1.00 bits per heavy atom. The fourth-order valence-electron chi connectivity index (χ4n) is 3.50. The summed E-state index contributed by atoms with van der Waals surface area (Å²) >= 11 is 0. The van der Waals surface area contributed by atoms with E-state index in [-0.39, 0.29) is 5.60 Å². The Balaban J connectivity index is 1.43. The van der Waals surface area contributed by atoms with Gasteiger partial charge in [-0.25, -0.2) is 0 Å². The molecule has 0 aromatic rings. The van der Waals surface area contributed by atoms with E-state index in [1.165, 1.54) is 44.9 Å². The van der Waals surface area contributed by atoms with Gasteiger partial charge in [0.25, 0.3) is 0 Å². The van der Waals surface area contributed by atoms with E-state index in [2.05, 4.69) is 5.32 Å². The lowest BCUT2D eigenvalue weighted by atomic mass is 9.79. The van der Waals surface area contributed by atoms with Crippen LogP contribution in [0.4, 0.5) is 0 Å². The van der Waals surface area contributed by atoms with Gasteiger partial charge in [-0.1, -0.05) is 12.8 Å². The SMILES string of the molecule is OC1(CNC2CCCC(C3CC3)C2)CCC1. The van der Waals surface area contributed by atoms with Crippen molar-refractivity contribution in [3.05, 3.63) is 0 Å². The van der Waals surface area contributed by atoms with E-state index < -0.39 is 0 Å². The van der Waals surface area contributed by atoms with Gasteiger partial charge < -0.3 is 10.4 Å². The molecule has 3 saturated carbocycles. The summed E-state index contributed by atoms with van der Waals surface area (Å²) in [6, 6.07) is 0.698. The van der Waals surface area contributed by atoms with Gasteiger partial charge in [0.2, 0.25) is 0 Å². The molecule has 2 unspecified atom stereocenters. The molecule has 0 heterocycles. The van der Waals surface area contributed by atoms with Crippen LogP contribution < -0.4 is 5.32 Å². The zero-order valence-corrected chi connectivity index (χ0v) is 10.3. The third-order valence-corrected chi connectivity index (χ3v) is 5.01. The maximum Gasteiger partial charge on any atom is 0.0771 e. The second-order valence-corrected chi connectivity index (χ2v) is 6.42. The predicted molar refractivity (Wildman–Crippen MR) is 65.3 cm³/mol. The largest absolute Gasteiger partial charge is 0.389 e. The molecule has 3 aliphatic rings. The van der Waals surface area contributed by atoms with Crippen LogP contribution in [0.25, 0.3) is 0 Å². The summed E-state index contributed by atoms with van der Waals surface area (Å²) in [6.45, 7) is 0.842. The molecule has 0 aliphatic heterocycles.